The number of hydrogen-bond donors (Lipinski definition) is 2. The Balaban J connectivity index is 0.00000289. The maximum absolute atomic E-state index is 11.4. The molecular weight excluding hydrogens is 248 g/mol. The van der Waals surface area contributed by atoms with Gasteiger partial charge in [-0.25, -0.2) is 0 Å². The van der Waals surface area contributed by atoms with Crippen molar-refractivity contribution in [2.45, 2.75) is 39.7 Å². The van der Waals surface area contributed by atoms with Crippen LogP contribution >= 0.6 is 12.4 Å². The van der Waals surface area contributed by atoms with Crippen molar-refractivity contribution in [1.82, 2.24) is 5.32 Å². The molecule has 0 aliphatic rings. The highest BCUT2D eigenvalue weighted by atomic mass is 35.5. The van der Waals surface area contributed by atoms with E-state index in [4.69, 9.17) is 5.73 Å². The van der Waals surface area contributed by atoms with E-state index in [0.29, 0.717) is 13.0 Å². The van der Waals surface area contributed by atoms with Crippen molar-refractivity contribution in [2.75, 3.05) is 6.54 Å². The van der Waals surface area contributed by atoms with E-state index < -0.39 is 0 Å². The fraction of sp³-hybridized carbons (Fsp3) is 0.500. The number of carbonyl (C=O) groups excluding carboxylic acids is 1. The first-order valence-electron chi connectivity index (χ1n) is 6.07. The van der Waals surface area contributed by atoms with Crippen LogP contribution in [0, 0.1) is 13.8 Å². The molecule has 0 spiro atoms. The van der Waals surface area contributed by atoms with E-state index in [0.717, 1.165) is 6.42 Å². The highest BCUT2D eigenvalue weighted by Crippen LogP contribution is 2.08. The van der Waals surface area contributed by atoms with Crippen molar-refractivity contribution < 1.29 is 4.79 Å². The lowest BCUT2D eigenvalue weighted by atomic mass is 10.1. The summed E-state index contributed by atoms with van der Waals surface area (Å²) in [7, 11) is 0. The average Bonchev–Trinajstić information content (AvgIpc) is 2.14. The smallest absolute Gasteiger partial charge is 0.221 e. The maximum Gasteiger partial charge on any atom is 0.221 e. The molecule has 0 aliphatic heterocycles. The number of aryl methyl sites for hydroxylation is 2. The second-order valence-electron chi connectivity index (χ2n) is 4.78. The molecule has 0 heterocycles. The van der Waals surface area contributed by atoms with Gasteiger partial charge in [-0.3, -0.25) is 4.79 Å². The molecule has 3 N–H and O–H groups in total. The zero-order chi connectivity index (χ0) is 12.8. The second kappa shape index (κ2) is 8.11. The van der Waals surface area contributed by atoms with Crippen molar-refractivity contribution in [2.24, 2.45) is 5.73 Å². The first-order chi connectivity index (χ1) is 7.97. The Morgan fingerprint density at radius 1 is 1.28 bits per heavy atom. The van der Waals surface area contributed by atoms with Crippen LogP contribution in [-0.4, -0.2) is 18.5 Å². The second-order valence-corrected chi connectivity index (χ2v) is 4.78. The molecule has 3 nitrogen and oxygen atoms in total. The van der Waals surface area contributed by atoms with Crippen LogP contribution in [0.2, 0.25) is 0 Å². The van der Waals surface area contributed by atoms with E-state index in [1.807, 2.05) is 6.92 Å². The van der Waals surface area contributed by atoms with E-state index in [2.05, 4.69) is 37.4 Å². The minimum Gasteiger partial charge on any atom is -0.356 e. The van der Waals surface area contributed by atoms with Crippen molar-refractivity contribution in [1.29, 1.82) is 0 Å². The topological polar surface area (TPSA) is 55.1 Å². The Morgan fingerprint density at radius 2 is 1.83 bits per heavy atom. The Bertz CT molecular complexity index is 371. The van der Waals surface area contributed by atoms with Crippen molar-refractivity contribution in [3.8, 4) is 0 Å². The lowest BCUT2D eigenvalue weighted by molar-refractivity contribution is -0.121. The fourth-order valence-electron chi connectivity index (χ4n) is 1.92. The van der Waals surface area contributed by atoms with Crippen LogP contribution in [0.25, 0.3) is 0 Å². The Hall–Kier alpha value is -1.06. The van der Waals surface area contributed by atoms with Gasteiger partial charge in [-0.05, 0) is 32.8 Å². The fourth-order valence-corrected chi connectivity index (χ4v) is 1.92. The van der Waals surface area contributed by atoms with Crippen LogP contribution in [0.15, 0.2) is 18.2 Å². The summed E-state index contributed by atoms with van der Waals surface area (Å²) < 4.78 is 0. The summed E-state index contributed by atoms with van der Waals surface area (Å²) in [4.78, 5) is 11.4. The Morgan fingerprint density at radius 3 is 2.33 bits per heavy atom. The molecule has 0 aliphatic carbocycles. The predicted molar refractivity (Wildman–Crippen MR) is 78.1 cm³/mol. The zero-order valence-electron chi connectivity index (χ0n) is 11.3. The van der Waals surface area contributed by atoms with Crippen LogP contribution in [-0.2, 0) is 11.2 Å². The van der Waals surface area contributed by atoms with Crippen molar-refractivity contribution >= 4 is 18.3 Å². The molecule has 0 bridgehead atoms. The summed E-state index contributed by atoms with van der Waals surface area (Å²) in [5.74, 6) is 0.0318. The molecule has 1 aromatic rings. The minimum absolute atomic E-state index is 0. The van der Waals surface area contributed by atoms with Gasteiger partial charge in [0.25, 0.3) is 0 Å². The van der Waals surface area contributed by atoms with Gasteiger partial charge < -0.3 is 11.1 Å². The lowest BCUT2D eigenvalue weighted by Gasteiger charge is -2.08. The molecule has 0 aromatic heterocycles. The number of amides is 1. The van der Waals surface area contributed by atoms with Gasteiger partial charge in [-0.2, -0.15) is 0 Å². The summed E-state index contributed by atoms with van der Waals surface area (Å²) in [5, 5.41) is 2.88. The van der Waals surface area contributed by atoms with Crippen LogP contribution in [0.4, 0.5) is 0 Å². The predicted octanol–water partition coefficient (Wildman–Crippen LogP) is 2.12. The number of carbonyl (C=O) groups is 1. The van der Waals surface area contributed by atoms with Crippen molar-refractivity contribution in [3.63, 3.8) is 0 Å². The van der Waals surface area contributed by atoms with Gasteiger partial charge in [-0.1, -0.05) is 29.3 Å². The molecule has 4 heteroatoms. The molecule has 0 radical (unpaired) electrons. The van der Waals surface area contributed by atoms with Crippen LogP contribution in [0.5, 0.6) is 0 Å². The summed E-state index contributed by atoms with van der Waals surface area (Å²) in [6.07, 6.45) is 1.26. The number of rotatable bonds is 5. The van der Waals surface area contributed by atoms with E-state index in [-0.39, 0.29) is 24.4 Å². The molecule has 1 rings (SSSR count). The third kappa shape index (κ3) is 6.62. The van der Waals surface area contributed by atoms with E-state index in [9.17, 15) is 4.79 Å². The van der Waals surface area contributed by atoms with Gasteiger partial charge >= 0.3 is 0 Å². The molecule has 1 atom stereocenters. The first-order valence-corrected chi connectivity index (χ1v) is 6.07. The molecule has 18 heavy (non-hydrogen) atoms. The molecule has 0 fully saturated rings. The summed E-state index contributed by atoms with van der Waals surface area (Å²) in [6, 6.07) is 6.39. The molecule has 1 amide bonds. The average molecular weight is 271 g/mol. The normalized spacial score (nSPS) is 11.6. The molecule has 1 unspecified atom stereocenters. The molecule has 1 aromatic carbocycles. The van der Waals surface area contributed by atoms with Crippen molar-refractivity contribution in [3.05, 3.63) is 34.9 Å². The van der Waals surface area contributed by atoms with Gasteiger partial charge in [0.05, 0.1) is 0 Å². The Kier molecular flexibility index (Phi) is 7.64. The third-order valence-electron chi connectivity index (χ3n) is 2.52. The minimum atomic E-state index is -0.0729. The maximum atomic E-state index is 11.4. The Labute approximate surface area is 116 Å². The SMILES string of the molecule is Cc1cc(C)cc(CCNC(=O)CC(C)N)c1.Cl. The van der Waals surface area contributed by atoms with Gasteiger partial charge in [-0.15, -0.1) is 12.4 Å². The highest BCUT2D eigenvalue weighted by molar-refractivity contribution is 5.85. The highest BCUT2D eigenvalue weighted by Gasteiger charge is 2.04. The molecule has 102 valence electrons. The van der Waals surface area contributed by atoms with Crippen LogP contribution < -0.4 is 11.1 Å². The van der Waals surface area contributed by atoms with Crippen LogP contribution in [0.3, 0.4) is 0 Å². The van der Waals surface area contributed by atoms with E-state index >= 15 is 0 Å². The quantitative estimate of drug-likeness (QED) is 0.861. The van der Waals surface area contributed by atoms with Gasteiger partial charge in [0.1, 0.15) is 0 Å². The van der Waals surface area contributed by atoms with Gasteiger partial charge in [0.2, 0.25) is 5.91 Å². The van der Waals surface area contributed by atoms with E-state index in [1.54, 1.807) is 0 Å². The summed E-state index contributed by atoms with van der Waals surface area (Å²) >= 11 is 0. The zero-order valence-corrected chi connectivity index (χ0v) is 12.1. The van der Waals surface area contributed by atoms with E-state index in [1.165, 1.54) is 16.7 Å². The molecule has 0 saturated carbocycles. The number of nitrogens with one attached hydrogen (secondary N) is 1. The standard InChI is InChI=1S/C14H22N2O.ClH/c1-10-6-11(2)8-13(7-10)4-5-16-14(17)9-12(3)15;/h6-8,12H,4-5,9,15H2,1-3H3,(H,16,17);1H. The number of nitrogens with two attached hydrogens (primary N) is 1. The van der Waals surface area contributed by atoms with Gasteiger partial charge in [0.15, 0.2) is 0 Å². The molecule has 0 saturated heterocycles. The first kappa shape index (κ1) is 16.9. The number of benzene rings is 1. The summed E-state index contributed by atoms with van der Waals surface area (Å²) in [6.45, 7) is 6.69. The largest absolute Gasteiger partial charge is 0.356 e. The lowest BCUT2D eigenvalue weighted by Crippen LogP contribution is -2.31. The third-order valence-corrected chi connectivity index (χ3v) is 2.52. The monoisotopic (exact) mass is 270 g/mol. The number of hydrogen-bond acceptors (Lipinski definition) is 2. The number of halogens is 1. The van der Waals surface area contributed by atoms with Gasteiger partial charge in [0, 0.05) is 19.0 Å². The van der Waals surface area contributed by atoms with Crippen LogP contribution in [0.1, 0.15) is 30.0 Å². The molecular formula is C14H23ClN2O. The summed E-state index contributed by atoms with van der Waals surface area (Å²) in [5.41, 5.74) is 9.35.